The zero-order valence-corrected chi connectivity index (χ0v) is 12.4. The van der Waals surface area contributed by atoms with Crippen molar-refractivity contribution in [1.29, 1.82) is 0 Å². The molecule has 0 amide bonds. The van der Waals surface area contributed by atoms with E-state index < -0.39 is 14.9 Å². The Morgan fingerprint density at radius 3 is 2.65 bits per heavy atom. The SMILES string of the molecule is CCN(CCCNCc1ccc([N+](=O)[O-])o1)S(C)(=O)=O. The molecule has 1 aromatic rings. The molecule has 9 heteroatoms. The van der Waals surface area contributed by atoms with Gasteiger partial charge in [-0.2, -0.15) is 0 Å². The minimum absolute atomic E-state index is 0.281. The van der Waals surface area contributed by atoms with Gasteiger partial charge in [0.05, 0.1) is 18.9 Å². The van der Waals surface area contributed by atoms with Crippen molar-refractivity contribution in [3.05, 3.63) is 28.0 Å². The van der Waals surface area contributed by atoms with Crippen LogP contribution in [0.3, 0.4) is 0 Å². The first-order valence-electron chi connectivity index (χ1n) is 6.23. The van der Waals surface area contributed by atoms with E-state index in [2.05, 4.69) is 5.32 Å². The number of nitro groups is 1. The number of sulfonamides is 1. The van der Waals surface area contributed by atoms with Gasteiger partial charge in [-0.1, -0.05) is 6.92 Å². The average molecular weight is 305 g/mol. The summed E-state index contributed by atoms with van der Waals surface area (Å²) in [6, 6.07) is 2.85. The highest BCUT2D eigenvalue weighted by atomic mass is 32.2. The molecule has 0 aliphatic carbocycles. The highest BCUT2D eigenvalue weighted by Crippen LogP contribution is 2.15. The summed E-state index contributed by atoms with van der Waals surface area (Å²) in [5.74, 6) is 0.197. The van der Waals surface area contributed by atoms with Gasteiger partial charge in [0.15, 0.2) is 0 Å². The van der Waals surface area contributed by atoms with Gasteiger partial charge in [0.25, 0.3) is 0 Å². The van der Waals surface area contributed by atoms with Gasteiger partial charge in [-0.25, -0.2) is 12.7 Å². The normalized spacial score (nSPS) is 11.9. The first-order chi connectivity index (χ1) is 9.34. The lowest BCUT2D eigenvalue weighted by molar-refractivity contribution is -0.402. The lowest BCUT2D eigenvalue weighted by Crippen LogP contribution is -2.32. The first kappa shape index (κ1) is 16.6. The number of hydrogen-bond acceptors (Lipinski definition) is 6. The van der Waals surface area contributed by atoms with E-state index in [4.69, 9.17) is 4.42 Å². The number of furan rings is 1. The maximum Gasteiger partial charge on any atom is 0.433 e. The van der Waals surface area contributed by atoms with Crippen molar-refractivity contribution in [3.63, 3.8) is 0 Å². The van der Waals surface area contributed by atoms with E-state index in [1.165, 1.54) is 16.6 Å². The van der Waals surface area contributed by atoms with Crippen LogP contribution in [0, 0.1) is 10.1 Å². The zero-order chi connectivity index (χ0) is 15.2. The van der Waals surface area contributed by atoms with Crippen molar-refractivity contribution in [3.8, 4) is 0 Å². The fourth-order valence-electron chi connectivity index (χ4n) is 1.71. The summed E-state index contributed by atoms with van der Waals surface area (Å²) in [5, 5.41) is 13.5. The van der Waals surface area contributed by atoms with Gasteiger partial charge < -0.3 is 9.73 Å². The smallest absolute Gasteiger partial charge is 0.404 e. The van der Waals surface area contributed by atoms with Gasteiger partial charge in [0.1, 0.15) is 10.7 Å². The van der Waals surface area contributed by atoms with E-state index >= 15 is 0 Å². The standard InChI is InChI=1S/C11H19N3O5S/c1-3-13(20(2,17)18)8-4-7-12-9-10-5-6-11(19-10)14(15)16/h5-6,12H,3-4,7-9H2,1-2H3. The quantitative estimate of drug-likeness (QED) is 0.413. The summed E-state index contributed by atoms with van der Waals surface area (Å²) >= 11 is 0. The minimum Gasteiger partial charge on any atom is -0.404 e. The van der Waals surface area contributed by atoms with Crippen molar-refractivity contribution < 1.29 is 17.8 Å². The third-order valence-corrected chi connectivity index (χ3v) is 4.09. The molecule has 0 spiro atoms. The van der Waals surface area contributed by atoms with Gasteiger partial charge in [-0.15, -0.1) is 0 Å². The molecule has 0 saturated carbocycles. The van der Waals surface area contributed by atoms with Gasteiger partial charge in [-0.3, -0.25) is 10.1 Å². The molecule has 1 rings (SSSR count). The van der Waals surface area contributed by atoms with Crippen LogP contribution in [0.1, 0.15) is 19.1 Å². The van der Waals surface area contributed by atoms with Gasteiger partial charge in [0, 0.05) is 13.1 Å². The third kappa shape index (κ3) is 5.27. The van der Waals surface area contributed by atoms with E-state index in [-0.39, 0.29) is 5.88 Å². The molecular weight excluding hydrogens is 286 g/mol. The van der Waals surface area contributed by atoms with Crippen molar-refractivity contribution in [1.82, 2.24) is 9.62 Å². The van der Waals surface area contributed by atoms with Crippen molar-refractivity contribution in [2.24, 2.45) is 0 Å². The van der Waals surface area contributed by atoms with E-state index in [0.29, 0.717) is 38.4 Å². The van der Waals surface area contributed by atoms with Gasteiger partial charge in [-0.05, 0) is 19.0 Å². The van der Waals surface area contributed by atoms with Crippen molar-refractivity contribution >= 4 is 15.9 Å². The fourth-order valence-corrected chi connectivity index (χ4v) is 2.64. The Bertz CT molecular complexity index is 540. The summed E-state index contributed by atoms with van der Waals surface area (Å²) in [6.07, 6.45) is 1.84. The molecule has 0 aliphatic heterocycles. The lowest BCUT2D eigenvalue weighted by atomic mass is 10.4. The topological polar surface area (TPSA) is 106 Å². The Balaban J connectivity index is 2.26. The molecule has 0 atom stereocenters. The van der Waals surface area contributed by atoms with Crippen LogP contribution in [0.5, 0.6) is 0 Å². The van der Waals surface area contributed by atoms with Crippen LogP contribution >= 0.6 is 0 Å². The molecular formula is C11H19N3O5S. The molecule has 8 nitrogen and oxygen atoms in total. The summed E-state index contributed by atoms with van der Waals surface area (Å²) in [6.45, 7) is 3.65. The van der Waals surface area contributed by atoms with Crippen LogP contribution in [0.4, 0.5) is 5.88 Å². The molecule has 0 aliphatic rings. The highest BCUT2D eigenvalue weighted by Gasteiger charge is 2.13. The molecule has 0 bridgehead atoms. The predicted octanol–water partition coefficient (Wildman–Crippen LogP) is 0.949. The Morgan fingerprint density at radius 1 is 1.45 bits per heavy atom. The summed E-state index contributed by atoms with van der Waals surface area (Å²) in [7, 11) is -3.15. The Morgan fingerprint density at radius 2 is 2.15 bits per heavy atom. The van der Waals surface area contributed by atoms with Gasteiger partial charge >= 0.3 is 5.88 Å². The molecule has 0 saturated heterocycles. The van der Waals surface area contributed by atoms with Crippen LogP contribution in [0.2, 0.25) is 0 Å². The van der Waals surface area contributed by atoms with E-state index in [1.807, 2.05) is 0 Å². The van der Waals surface area contributed by atoms with E-state index in [0.717, 1.165) is 0 Å². The molecule has 114 valence electrons. The number of nitrogens with one attached hydrogen (secondary N) is 1. The Labute approximate surface area is 118 Å². The molecule has 1 N–H and O–H groups in total. The third-order valence-electron chi connectivity index (χ3n) is 2.71. The minimum atomic E-state index is -3.15. The number of nitrogens with zero attached hydrogens (tertiary/aromatic N) is 2. The molecule has 0 radical (unpaired) electrons. The molecule has 0 unspecified atom stereocenters. The van der Waals surface area contributed by atoms with E-state index in [1.54, 1.807) is 13.0 Å². The zero-order valence-electron chi connectivity index (χ0n) is 11.5. The molecule has 0 aromatic carbocycles. The molecule has 1 aromatic heterocycles. The highest BCUT2D eigenvalue weighted by molar-refractivity contribution is 7.88. The Kier molecular flexibility index (Phi) is 6.11. The Hall–Kier alpha value is -1.45. The van der Waals surface area contributed by atoms with E-state index in [9.17, 15) is 18.5 Å². The van der Waals surface area contributed by atoms with Crippen LogP contribution in [0.25, 0.3) is 0 Å². The molecule has 1 heterocycles. The predicted molar refractivity (Wildman–Crippen MR) is 73.8 cm³/mol. The maximum atomic E-state index is 11.3. The van der Waals surface area contributed by atoms with Crippen molar-refractivity contribution in [2.75, 3.05) is 25.9 Å². The molecule has 0 fully saturated rings. The second-order valence-electron chi connectivity index (χ2n) is 4.28. The van der Waals surface area contributed by atoms with Crippen LogP contribution < -0.4 is 5.32 Å². The second-order valence-corrected chi connectivity index (χ2v) is 6.26. The van der Waals surface area contributed by atoms with Gasteiger partial charge in [0.2, 0.25) is 10.0 Å². The maximum absolute atomic E-state index is 11.3. The largest absolute Gasteiger partial charge is 0.433 e. The van der Waals surface area contributed by atoms with Crippen LogP contribution in [0.15, 0.2) is 16.5 Å². The monoisotopic (exact) mass is 305 g/mol. The number of rotatable bonds is 9. The van der Waals surface area contributed by atoms with Crippen LogP contribution in [-0.4, -0.2) is 43.5 Å². The average Bonchev–Trinajstić information content (AvgIpc) is 2.81. The summed E-state index contributed by atoms with van der Waals surface area (Å²) in [5.41, 5.74) is 0. The fraction of sp³-hybridized carbons (Fsp3) is 0.636. The summed E-state index contributed by atoms with van der Waals surface area (Å²) in [4.78, 5) is 9.83. The van der Waals surface area contributed by atoms with Crippen molar-refractivity contribution in [2.45, 2.75) is 19.9 Å². The molecule has 20 heavy (non-hydrogen) atoms. The first-order valence-corrected chi connectivity index (χ1v) is 8.08. The van der Waals surface area contributed by atoms with Crippen LogP contribution in [-0.2, 0) is 16.6 Å². The number of hydrogen-bond donors (Lipinski definition) is 1. The second kappa shape index (κ2) is 7.36. The lowest BCUT2D eigenvalue weighted by Gasteiger charge is -2.17. The summed E-state index contributed by atoms with van der Waals surface area (Å²) < 4.78 is 29.1.